The van der Waals surface area contributed by atoms with Crippen LogP contribution in [-0.2, 0) is 0 Å². The zero-order chi connectivity index (χ0) is 10.3. The van der Waals surface area contributed by atoms with Crippen molar-refractivity contribution in [2.24, 2.45) is 5.10 Å². The van der Waals surface area contributed by atoms with Crippen molar-refractivity contribution in [3.8, 4) is 0 Å². The Hall–Kier alpha value is -0.940. The molecule has 0 unspecified atom stereocenters. The minimum Gasteiger partial charge on any atom is -0.327 e. The second kappa shape index (κ2) is 2.78. The van der Waals surface area contributed by atoms with Crippen molar-refractivity contribution in [1.82, 2.24) is 10.3 Å². The molecule has 0 aliphatic carbocycles. The summed E-state index contributed by atoms with van der Waals surface area (Å²) in [6.07, 6.45) is -4.38. The van der Waals surface area contributed by atoms with E-state index in [-0.39, 0.29) is 6.67 Å². The van der Waals surface area contributed by atoms with Crippen LogP contribution in [-0.4, -0.2) is 29.1 Å². The number of amidine groups is 1. The monoisotopic (exact) mass is 195 g/mol. The molecule has 0 aromatic carbocycles. The molecule has 1 aliphatic heterocycles. The maximum Gasteiger partial charge on any atom is 0.451 e. The smallest absolute Gasteiger partial charge is 0.327 e. The average molecular weight is 195 g/mol. The Bertz CT molecular complexity index is 226. The lowest BCUT2D eigenvalue weighted by atomic mass is 10.1. The molecule has 0 saturated carbocycles. The predicted molar refractivity (Wildman–Crippen MR) is 43.1 cm³/mol. The third kappa shape index (κ3) is 2.05. The van der Waals surface area contributed by atoms with Gasteiger partial charge in [-0.3, -0.25) is 5.43 Å². The van der Waals surface area contributed by atoms with Crippen molar-refractivity contribution in [1.29, 1.82) is 0 Å². The van der Waals surface area contributed by atoms with E-state index in [2.05, 4.69) is 10.5 Å². The Morgan fingerprint density at radius 3 is 2.15 bits per heavy atom. The van der Waals surface area contributed by atoms with E-state index >= 15 is 0 Å². The average Bonchev–Trinajstić information content (AvgIpc) is 2.27. The van der Waals surface area contributed by atoms with Gasteiger partial charge in [-0.05, 0) is 20.8 Å². The van der Waals surface area contributed by atoms with Gasteiger partial charge < -0.3 is 4.90 Å². The number of hydrogen-bond acceptors (Lipinski definition) is 3. The molecule has 0 aromatic rings. The fourth-order valence-corrected chi connectivity index (χ4v) is 1.09. The molecule has 1 rings (SSSR count). The van der Waals surface area contributed by atoms with Crippen molar-refractivity contribution in [3.63, 3.8) is 0 Å². The molecule has 1 heterocycles. The van der Waals surface area contributed by atoms with Gasteiger partial charge in [-0.25, -0.2) is 0 Å². The van der Waals surface area contributed by atoms with Crippen LogP contribution in [0.5, 0.6) is 0 Å². The summed E-state index contributed by atoms with van der Waals surface area (Å²) in [5.41, 5.74) is 1.76. The summed E-state index contributed by atoms with van der Waals surface area (Å²) in [5, 5.41) is 3.22. The highest BCUT2D eigenvalue weighted by Crippen LogP contribution is 2.26. The van der Waals surface area contributed by atoms with Crippen LogP contribution in [0, 0.1) is 0 Å². The summed E-state index contributed by atoms with van der Waals surface area (Å²) in [6.45, 7) is 5.24. The summed E-state index contributed by atoms with van der Waals surface area (Å²) in [7, 11) is 0. The van der Waals surface area contributed by atoms with Gasteiger partial charge in [0.2, 0.25) is 5.84 Å². The van der Waals surface area contributed by atoms with Crippen LogP contribution in [0.15, 0.2) is 5.10 Å². The van der Waals surface area contributed by atoms with Crippen LogP contribution in [0.25, 0.3) is 0 Å². The zero-order valence-corrected chi connectivity index (χ0v) is 7.74. The maximum absolute atomic E-state index is 12.3. The second-order valence-corrected chi connectivity index (χ2v) is 3.85. The molecule has 0 spiro atoms. The first kappa shape index (κ1) is 10.1. The van der Waals surface area contributed by atoms with Crippen molar-refractivity contribution in [2.45, 2.75) is 32.5 Å². The van der Waals surface area contributed by atoms with Crippen LogP contribution >= 0.6 is 0 Å². The second-order valence-electron chi connectivity index (χ2n) is 3.85. The van der Waals surface area contributed by atoms with Gasteiger partial charge in [-0.15, -0.1) is 0 Å². The van der Waals surface area contributed by atoms with Crippen molar-refractivity contribution in [3.05, 3.63) is 0 Å². The molecular formula is C7H12F3N3. The molecular weight excluding hydrogens is 183 g/mol. The Morgan fingerprint density at radius 1 is 1.31 bits per heavy atom. The predicted octanol–water partition coefficient (Wildman–Crippen LogP) is 1.52. The summed E-state index contributed by atoms with van der Waals surface area (Å²) in [5.74, 6) is -0.847. The normalized spacial score (nSPS) is 18.6. The highest BCUT2D eigenvalue weighted by atomic mass is 19.4. The van der Waals surface area contributed by atoms with Gasteiger partial charge >= 0.3 is 6.18 Å². The van der Waals surface area contributed by atoms with Gasteiger partial charge in [0.25, 0.3) is 0 Å². The standard InChI is InChI=1S/C7H12F3N3/c1-6(2,3)13-4-11-12-5(13)7(8,9)10/h11H,4H2,1-3H3. The van der Waals surface area contributed by atoms with E-state index < -0.39 is 17.6 Å². The largest absolute Gasteiger partial charge is 0.451 e. The minimum absolute atomic E-state index is 0.109. The van der Waals surface area contributed by atoms with E-state index in [9.17, 15) is 13.2 Å². The van der Waals surface area contributed by atoms with Crippen LogP contribution in [0.2, 0.25) is 0 Å². The maximum atomic E-state index is 12.3. The van der Waals surface area contributed by atoms with Gasteiger partial charge in [0.05, 0.1) is 0 Å². The Kier molecular flexibility index (Phi) is 2.17. The Labute approximate surface area is 74.6 Å². The molecule has 1 aliphatic rings. The van der Waals surface area contributed by atoms with E-state index in [0.717, 1.165) is 0 Å². The fourth-order valence-electron chi connectivity index (χ4n) is 1.09. The van der Waals surface area contributed by atoms with Gasteiger partial charge in [-0.2, -0.15) is 18.3 Å². The number of nitrogens with zero attached hydrogens (tertiary/aromatic N) is 2. The van der Waals surface area contributed by atoms with Crippen LogP contribution < -0.4 is 5.43 Å². The molecule has 0 saturated heterocycles. The van der Waals surface area contributed by atoms with E-state index in [0.29, 0.717) is 0 Å². The van der Waals surface area contributed by atoms with E-state index in [1.165, 1.54) is 4.90 Å². The molecule has 13 heavy (non-hydrogen) atoms. The number of halogens is 3. The number of rotatable bonds is 0. The molecule has 1 N–H and O–H groups in total. The van der Waals surface area contributed by atoms with Gasteiger partial charge in [0.15, 0.2) is 0 Å². The summed E-state index contributed by atoms with van der Waals surface area (Å²) < 4.78 is 37.0. The fraction of sp³-hybridized carbons (Fsp3) is 0.857. The topological polar surface area (TPSA) is 27.6 Å². The molecule has 0 fully saturated rings. The number of alkyl halides is 3. The quantitative estimate of drug-likeness (QED) is 0.634. The first-order valence-electron chi connectivity index (χ1n) is 3.88. The van der Waals surface area contributed by atoms with Crippen molar-refractivity contribution in [2.75, 3.05) is 6.67 Å². The van der Waals surface area contributed by atoms with E-state index in [1.54, 1.807) is 20.8 Å². The molecule has 76 valence electrons. The zero-order valence-electron chi connectivity index (χ0n) is 7.74. The van der Waals surface area contributed by atoms with Crippen LogP contribution in [0.4, 0.5) is 13.2 Å². The Morgan fingerprint density at radius 2 is 1.85 bits per heavy atom. The number of hydrazone groups is 1. The lowest BCUT2D eigenvalue weighted by molar-refractivity contribution is -0.0709. The molecule has 0 amide bonds. The highest BCUT2D eigenvalue weighted by molar-refractivity contribution is 5.88. The summed E-state index contributed by atoms with van der Waals surface area (Å²) >= 11 is 0. The highest BCUT2D eigenvalue weighted by Gasteiger charge is 2.45. The third-order valence-corrected chi connectivity index (χ3v) is 1.73. The van der Waals surface area contributed by atoms with E-state index in [4.69, 9.17) is 0 Å². The minimum atomic E-state index is -4.38. The Balaban J connectivity index is 2.87. The molecule has 0 radical (unpaired) electrons. The van der Waals surface area contributed by atoms with Gasteiger partial charge in [0, 0.05) is 5.54 Å². The molecule has 3 nitrogen and oxygen atoms in total. The summed E-state index contributed by atoms with van der Waals surface area (Å²) in [4.78, 5) is 1.19. The summed E-state index contributed by atoms with van der Waals surface area (Å²) in [6, 6.07) is 0. The number of hydrogen-bond donors (Lipinski definition) is 1. The van der Waals surface area contributed by atoms with Crippen molar-refractivity contribution < 1.29 is 13.2 Å². The van der Waals surface area contributed by atoms with Gasteiger partial charge in [-0.1, -0.05) is 0 Å². The lowest BCUT2D eigenvalue weighted by Crippen LogP contribution is -2.49. The molecule has 0 aromatic heterocycles. The number of nitrogens with one attached hydrogen (secondary N) is 1. The van der Waals surface area contributed by atoms with Crippen LogP contribution in [0.3, 0.4) is 0 Å². The van der Waals surface area contributed by atoms with Crippen LogP contribution in [0.1, 0.15) is 20.8 Å². The SMILES string of the molecule is CC(C)(C)N1CNN=C1C(F)(F)F. The molecule has 0 bridgehead atoms. The molecule has 6 heteroatoms. The molecule has 0 atom stereocenters. The first-order valence-corrected chi connectivity index (χ1v) is 3.88. The van der Waals surface area contributed by atoms with Crippen molar-refractivity contribution >= 4 is 5.84 Å². The van der Waals surface area contributed by atoms with E-state index in [1.807, 2.05) is 0 Å². The first-order chi connectivity index (χ1) is 5.73. The van der Waals surface area contributed by atoms with Gasteiger partial charge in [0.1, 0.15) is 6.67 Å². The lowest BCUT2D eigenvalue weighted by Gasteiger charge is -2.33. The third-order valence-electron chi connectivity index (χ3n) is 1.73.